The fourth-order valence-corrected chi connectivity index (χ4v) is 2.31. The fourth-order valence-electron chi connectivity index (χ4n) is 1.65. The van der Waals surface area contributed by atoms with E-state index in [1.165, 1.54) is 5.56 Å². The summed E-state index contributed by atoms with van der Waals surface area (Å²) in [6.45, 7) is 2.10. The number of thiophene rings is 1. The van der Waals surface area contributed by atoms with E-state index in [9.17, 15) is 4.79 Å². The first-order valence-electron chi connectivity index (χ1n) is 5.43. The van der Waals surface area contributed by atoms with Crippen LogP contribution in [-0.2, 0) is 12.8 Å². The van der Waals surface area contributed by atoms with Crippen molar-refractivity contribution in [3.63, 3.8) is 0 Å². The van der Waals surface area contributed by atoms with Crippen LogP contribution in [0.25, 0.3) is 0 Å². The molecule has 0 saturated heterocycles. The summed E-state index contributed by atoms with van der Waals surface area (Å²) in [6, 6.07) is 9.91. The maximum Gasteiger partial charge on any atom is 0.167 e. The second-order valence-electron chi connectivity index (χ2n) is 3.79. The average Bonchev–Trinajstić information content (AvgIpc) is 2.82. The number of benzene rings is 1. The Balaban J connectivity index is 2.14. The van der Waals surface area contributed by atoms with E-state index in [2.05, 4.69) is 13.0 Å². The summed E-state index contributed by atoms with van der Waals surface area (Å²) in [5.41, 5.74) is 3.15. The van der Waals surface area contributed by atoms with Crippen LogP contribution in [0.4, 0.5) is 0 Å². The lowest BCUT2D eigenvalue weighted by atomic mass is 10.0. The standard InChI is InChI=1S/C14H14OS/c1-2-11-4-3-5-13(8-11)14(15)9-12-6-7-16-10-12/h3-8,10H,2,9H2,1H3. The van der Waals surface area contributed by atoms with Gasteiger partial charge in [0.2, 0.25) is 0 Å². The van der Waals surface area contributed by atoms with Crippen LogP contribution in [0.2, 0.25) is 0 Å². The molecular formula is C14H14OS. The minimum Gasteiger partial charge on any atom is -0.294 e. The second-order valence-corrected chi connectivity index (χ2v) is 4.57. The van der Waals surface area contributed by atoms with Crippen LogP contribution < -0.4 is 0 Å². The van der Waals surface area contributed by atoms with Crippen LogP contribution in [0, 0.1) is 0 Å². The highest BCUT2D eigenvalue weighted by molar-refractivity contribution is 7.08. The van der Waals surface area contributed by atoms with Gasteiger partial charge in [0.25, 0.3) is 0 Å². The predicted molar refractivity (Wildman–Crippen MR) is 68.2 cm³/mol. The molecule has 0 fully saturated rings. The number of Topliss-reactive ketones (excluding diaryl/α,β-unsaturated/α-hetero) is 1. The van der Waals surface area contributed by atoms with E-state index in [4.69, 9.17) is 0 Å². The molecule has 16 heavy (non-hydrogen) atoms. The quantitative estimate of drug-likeness (QED) is 0.731. The van der Waals surface area contributed by atoms with Gasteiger partial charge in [0.1, 0.15) is 0 Å². The van der Waals surface area contributed by atoms with Gasteiger partial charge in [-0.05, 0) is 40.4 Å². The zero-order chi connectivity index (χ0) is 11.4. The van der Waals surface area contributed by atoms with Crippen molar-refractivity contribution in [2.24, 2.45) is 0 Å². The monoisotopic (exact) mass is 230 g/mol. The molecule has 0 N–H and O–H groups in total. The first-order valence-corrected chi connectivity index (χ1v) is 6.37. The van der Waals surface area contributed by atoms with Crippen LogP contribution in [0.1, 0.15) is 28.4 Å². The van der Waals surface area contributed by atoms with E-state index in [-0.39, 0.29) is 5.78 Å². The molecule has 0 saturated carbocycles. The molecule has 0 unspecified atom stereocenters. The zero-order valence-corrected chi connectivity index (χ0v) is 10.1. The Morgan fingerprint density at radius 1 is 1.25 bits per heavy atom. The third-order valence-corrected chi connectivity index (χ3v) is 3.33. The topological polar surface area (TPSA) is 17.1 Å². The molecular weight excluding hydrogens is 216 g/mol. The van der Waals surface area contributed by atoms with Gasteiger partial charge in [-0.1, -0.05) is 25.1 Å². The number of carbonyl (C=O) groups excluding carboxylic acids is 1. The molecule has 0 atom stereocenters. The Bertz CT molecular complexity index is 471. The highest BCUT2D eigenvalue weighted by Crippen LogP contribution is 2.12. The summed E-state index contributed by atoms with van der Waals surface area (Å²) in [5.74, 6) is 0.203. The molecule has 0 spiro atoms. The second kappa shape index (κ2) is 5.08. The molecule has 0 amide bonds. The van der Waals surface area contributed by atoms with Crippen LogP contribution in [0.15, 0.2) is 41.1 Å². The largest absolute Gasteiger partial charge is 0.294 e. The lowest BCUT2D eigenvalue weighted by molar-refractivity contribution is 0.0993. The molecule has 1 heterocycles. The lowest BCUT2D eigenvalue weighted by Gasteiger charge is -2.02. The zero-order valence-electron chi connectivity index (χ0n) is 9.27. The Kier molecular flexibility index (Phi) is 3.52. The van der Waals surface area contributed by atoms with E-state index in [1.54, 1.807) is 11.3 Å². The molecule has 0 aliphatic carbocycles. The summed E-state index contributed by atoms with van der Waals surface area (Å²) in [4.78, 5) is 12.0. The first kappa shape index (κ1) is 11.1. The van der Waals surface area contributed by atoms with E-state index in [0.717, 1.165) is 17.5 Å². The van der Waals surface area contributed by atoms with Crippen molar-refractivity contribution < 1.29 is 4.79 Å². The van der Waals surface area contributed by atoms with Gasteiger partial charge in [-0.3, -0.25) is 4.79 Å². The summed E-state index contributed by atoms with van der Waals surface area (Å²) in [7, 11) is 0. The molecule has 82 valence electrons. The predicted octanol–water partition coefficient (Wildman–Crippen LogP) is 3.74. The molecule has 0 bridgehead atoms. The van der Waals surface area contributed by atoms with Crippen molar-refractivity contribution in [2.75, 3.05) is 0 Å². The molecule has 0 radical (unpaired) electrons. The van der Waals surface area contributed by atoms with E-state index in [1.807, 2.05) is 35.0 Å². The molecule has 0 aliphatic heterocycles. The number of hydrogen-bond acceptors (Lipinski definition) is 2. The molecule has 2 aromatic rings. The highest BCUT2D eigenvalue weighted by Gasteiger charge is 2.07. The first-order chi connectivity index (χ1) is 7.79. The van der Waals surface area contributed by atoms with Crippen molar-refractivity contribution >= 4 is 17.1 Å². The maximum atomic E-state index is 12.0. The van der Waals surface area contributed by atoms with Gasteiger partial charge in [-0.2, -0.15) is 11.3 Å². The highest BCUT2D eigenvalue weighted by atomic mass is 32.1. The Labute approximate surface area is 99.8 Å². The summed E-state index contributed by atoms with van der Waals surface area (Å²) >= 11 is 1.63. The van der Waals surface area contributed by atoms with Crippen molar-refractivity contribution in [3.8, 4) is 0 Å². The maximum absolute atomic E-state index is 12.0. The number of aryl methyl sites for hydroxylation is 1. The number of ketones is 1. The van der Waals surface area contributed by atoms with Crippen LogP contribution >= 0.6 is 11.3 Å². The fraction of sp³-hybridized carbons (Fsp3) is 0.214. The third kappa shape index (κ3) is 2.58. The molecule has 1 aromatic carbocycles. The molecule has 1 aromatic heterocycles. The van der Waals surface area contributed by atoms with E-state index >= 15 is 0 Å². The number of carbonyl (C=O) groups is 1. The lowest BCUT2D eigenvalue weighted by Crippen LogP contribution is -2.03. The molecule has 2 rings (SSSR count). The van der Waals surface area contributed by atoms with Crippen LogP contribution in [0.3, 0.4) is 0 Å². The summed E-state index contributed by atoms with van der Waals surface area (Å²) in [5, 5.41) is 4.03. The average molecular weight is 230 g/mol. The minimum absolute atomic E-state index is 0.203. The van der Waals surface area contributed by atoms with Gasteiger partial charge >= 0.3 is 0 Å². The smallest absolute Gasteiger partial charge is 0.167 e. The Morgan fingerprint density at radius 2 is 2.12 bits per heavy atom. The van der Waals surface area contributed by atoms with Gasteiger partial charge in [0.15, 0.2) is 5.78 Å². The third-order valence-electron chi connectivity index (χ3n) is 2.60. The van der Waals surface area contributed by atoms with Gasteiger partial charge in [-0.15, -0.1) is 0 Å². The van der Waals surface area contributed by atoms with Crippen LogP contribution in [0.5, 0.6) is 0 Å². The number of hydrogen-bond donors (Lipinski definition) is 0. The molecule has 1 nitrogen and oxygen atoms in total. The number of rotatable bonds is 4. The normalized spacial score (nSPS) is 10.3. The van der Waals surface area contributed by atoms with Crippen molar-refractivity contribution in [3.05, 3.63) is 57.8 Å². The summed E-state index contributed by atoms with van der Waals surface area (Å²) < 4.78 is 0. The summed E-state index contributed by atoms with van der Waals surface area (Å²) in [6.07, 6.45) is 1.48. The van der Waals surface area contributed by atoms with Crippen molar-refractivity contribution in [1.82, 2.24) is 0 Å². The molecule has 0 aliphatic rings. The molecule has 2 heteroatoms. The Morgan fingerprint density at radius 3 is 2.81 bits per heavy atom. The van der Waals surface area contributed by atoms with Crippen molar-refractivity contribution in [1.29, 1.82) is 0 Å². The van der Waals surface area contributed by atoms with E-state index < -0.39 is 0 Å². The van der Waals surface area contributed by atoms with Crippen LogP contribution in [-0.4, -0.2) is 5.78 Å². The van der Waals surface area contributed by atoms with Gasteiger partial charge in [0, 0.05) is 12.0 Å². The SMILES string of the molecule is CCc1cccc(C(=O)Cc2ccsc2)c1. The minimum atomic E-state index is 0.203. The van der Waals surface area contributed by atoms with E-state index in [0.29, 0.717) is 6.42 Å². The van der Waals surface area contributed by atoms with Crippen molar-refractivity contribution in [2.45, 2.75) is 19.8 Å². The Hall–Kier alpha value is -1.41. The van der Waals surface area contributed by atoms with Gasteiger partial charge < -0.3 is 0 Å². The van der Waals surface area contributed by atoms with Gasteiger partial charge in [0.05, 0.1) is 0 Å². The van der Waals surface area contributed by atoms with Gasteiger partial charge in [-0.25, -0.2) is 0 Å².